The molecular weight excluding hydrogens is 407 g/mol. The van der Waals surface area contributed by atoms with Crippen LogP contribution in [-0.2, 0) is 10.1 Å². The van der Waals surface area contributed by atoms with Crippen LogP contribution in [0, 0.1) is 0 Å². The summed E-state index contributed by atoms with van der Waals surface area (Å²) < 4.78 is 32.8. The topological polar surface area (TPSA) is 54.4 Å². The first kappa shape index (κ1) is 17.4. The van der Waals surface area contributed by atoms with Crippen LogP contribution in [0.2, 0.25) is 0 Å². The molecule has 0 aliphatic heterocycles. The van der Waals surface area contributed by atoms with Crippen molar-refractivity contribution < 1.29 is 13.0 Å². The van der Waals surface area contributed by atoms with E-state index in [1.54, 1.807) is 12.1 Å². The molecule has 0 unspecified atom stereocenters. The summed E-state index contributed by atoms with van der Waals surface area (Å²) in [4.78, 5) is -0.136. The van der Waals surface area contributed by atoms with E-state index in [0.29, 0.717) is 4.47 Å². The van der Waals surface area contributed by atoms with Crippen LogP contribution in [0.4, 0.5) is 0 Å². The third kappa shape index (κ3) is 4.39. The van der Waals surface area contributed by atoms with Gasteiger partial charge in [-0.1, -0.05) is 34.1 Å². The molecule has 0 aliphatic rings. The van der Waals surface area contributed by atoms with Crippen LogP contribution in [0.1, 0.15) is 0 Å². The average molecular weight is 416 g/mol. The van der Waals surface area contributed by atoms with Gasteiger partial charge in [-0.05, 0) is 51.3 Å². The summed E-state index contributed by atoms with van der Waals surface area (Å²) in [5.41, 5.74) is 1.59. The van der Waals surface area contributed by atoms with Crippen LogP contribution in [0.3, 0.4) is 0 Å². The van der Waals surface area contributed by atoms with E-state index in [1.807, 2.05) is 24.3 Å². The number of benzene rings is 2. The van der Waals surface area contributed by atoms with Gasteiger partial charge in [0.2, 0.25) is 0 Å². The van der Waals surface area contributed by atoms with E-state index in [0.717, 1.165) is 15.6 Å². The molecule has 0 aromatic heterocycles. The predicted octanol–water partition coefficient (Wildman–Crippen LogP) is 3.48. The molecule has 0 radical (unpaired) electrons. The zero-order valence-corrected chi connectivity index (χ0v) is 13.0. The molecule has 19 heavy (non-hydrogen) atoms. The second-order valence-electron chi connectivity index (χ2n) is 3.63. The molecule has 0 heterocycles. The summed E-state index contributed by atoms with van der Waals surface area (Å²) >= 11 is 6.44. The van der Waals surface area contributed by atoms with Crippen molar-refractivity contribution in [3.63, 3.8) is 0 Å². The molecule has 0 atom stereocenters. The van der Waals surface area contributed by atoms with Crippen molar-refractivity contribution in [1.82, 2.24) is 0 Å². The number of hydrogen-bond donors (Lipinski definition) is 1. The van der Waals surface area contributed by atoms with Gasteiger partial charge in [-0.15, -0.1) is 0 Å². The van der Waals surface area contributed by atoms with Gasteiger partial charge in [-0.2, -0.15) is 8.42 Å². The Morgan fingerprint density at radius 3 is 1.95 bits per heavy atom. The zero-order valence-electron chi connectivity index (χ0n) is 8.97. The molecule has 3 nitrogen and oxygen atoms in total. The Labute approximate surface area is 150 Å². The molecule has 0 saturated carbocycles. The number of rotatable bonds is 2. The third-order valence-electron chi connectivity index (χ3n) is 2.39. The number of hydrogen-bond acceptors (Lipinski definition) is 2. The summed E-state index contributed by atoms with van der Waals surface area (Å²) in [6, 6.07) is 12.3. The molecule has 0 amide bonds. The molecular formula is C12H9Br2NaO3S. The summed E-state index contributed by atoms with van der Waals surface area (Å²) in [6.07, 6.45) is 0. The first-order chi connectivity index (χ1) is 8.38. The molecule has 96 valence electrons. The molecule has 7 heteroatoms. The zero-order chi connectivity index (χ0) is 13.3. The van der Waals surface area contributed by atoms with E-state index in [2.05, 4.69) is 31.9 Å². The Hall–Kier alpha value is 0.310. The predicted molar refractivity (Wildman–Crippen MR) is 84.2 cm³/mol. The fourth-order valence-corrected chi connectivity index (χ4v) is 3.24. The second kappa shape index (κ2) is 6.85. The van der Waals surface area contributed by atoms with Crippen LogP contribution in [0.5, 0.6) is 0 Å². The van der Waals surface area contributed by atoms with E-state index < -0.39 is 10.1 Å². The van der Waals surface area contributed by atoms with Gasteiger partial charge in [-0.3, -0.25) is 4.55 Å². The van der Waals surface area contributed by atoms with Crippen LogP contribution in [0.25, 0.3) is 11.1 Å². The minimum absolute atomic E-state index is 0. The molecule has 2 rings (SSSR count). The SMILES string of the molecule is O=S(=O)(O)c1cc(-c2ccc(Br)cc2)ccc1Br.[NaH]. The normalized spacial score (nSPS) is 10.9. The third-order valence-corrected chi connectivity index (χ3v) is 4.76. The van der Waals surface area contributed by atoms with Gasteiger partial charge < -0.3 is 0 Å². The maximum atomic E-state index is 11.2. The monoisotopic (exact) mass is 414 g/mol. The Bertz CT molecular complexity index is 685. The Morgan fingerprint density at radius 2 is 1.42 bits per heavy atom. The molecule has 0 aliphatic carbocycles. The molecule has 0 fully saturated rings. The van der Waals surface area contributed by atoms with Crippen molar-refractivity contribution in [2.24, 2.45) is 0 Å². The van der Waals surface area contributed by atoms with Gasteiger partial charge >= 0.3 is 29.6 Å². The fraction of sp³-hybridized carbons (Fsp3) is 0. The van der Waals surface area contributed by atoms with E-state index in [-0.39, 0.29) is 34.5 Å². The molecule has 2 aromatic rings. The van der Waals surface area contributed by atoms with Gasteiger partial charge in [0.1, 0.15) is 4.90 Å². The maximum absolute atomic E-state index is 11.2. The van der Waals surface area contributed by atoms with Crippen molar-refractivity contribution in [1.29, 1.82) is 0 Å². The van der Waals surface area contributed by atoms with Crippen LogP contribution in [0.15, 0.2) is 56.3 Å². The van der Waals surface area contributed by atoms with Crippen LogP contribution >= 0.6 is 31.9 Å². The van der Waals surface area contributed by atoms with E-state index in [4.69, 9.17) is 4.55 Å². The van der Waals surface area contributed by atoms with Crippen molar-refractivity contribution in [3.05, 3.63) is 51.4 Å². The van der Waals surface area contributed by atoms with Crippen LogP contribution in [-0.4, -0.2) is 42.5 Å². The first-order valence-electron chi connectivity index (χ1n) is 4.91. The molecule has 0 saturated heterocycles. The molecule has 1 N–H and O–H groups in total. The van der Waals surface area contributed by atoms with Gasteiger partial charge in [0.05, 0.1) is 0 Å². The summed E-state index contributed by atoms with van der Waals surface area (Å²) in [6.45, 7) is 0. The summed E-state index contributed by atoms with van der Waals surface area (Å²) in [7, 11) is -4.23. The summed E-state index contributed by atoms with van der Waals surface area (Å²) in [5, 5.41) is 0. The molecule has 2 aromatic carbocycles. The number of halogens is 2. The van der Waals surface area contributed by atoms with Gasteiger partial charge in [0.15, 0.2) is 0 Å². The quantitative estimate of drug-likeness (QED) is 0.603. The summed E-state index contributed by atoms with van der Waals surface area (Å²) in [5.74, 6) is 0. The molecule has 0 bridgehead atoms. The Kier molecular flexibility index (Phi) is 6.26. The van der Waals surface area contributed by atoms with Crippen molar-refractivity contribution in [2.45, 2.75) is 4.90 Å². The van der Waals surface area contributed by atoms with Crippen molar-refractivity contribution in [3.8, 4) is 11.1 Å². The van der Waals surface area contributed by atoms with Crippen molar-refractivity contribution >= 4 is 71.5 Å². The minimum atomic E-state index is -4.23. The van der Waals surface area contributed by atoms with E-state index in [1.165, 1.54) is 6.07 Å². The fourth-order valence-electron chi connectivity index (χ4n) is 1.52. The van der Waals surface area contributed by atoms with E-state index >= 15 is 0 Å². The first-order valence-corrected chi connectivity index (χ1v) is 7.93. The standard InChI is InChI=1S/C12H8Br2O3S.Na.H/c13-10-4-1-8(2-5-10)9-3-6-11(14)12(7-9)18(15,16)17;;/h1-7H,(H,15,16,17);;. The second-order valence-corrected chi connectivity index (χ2v) is 6.79. The molecule has 0 spiro atoms. The van der Waals surface area contributed by atoms with Gasteiger partial charge in [-0.25, -0.2) is 0 Å². The van der Waals surface area contributed by atoms with E-state index in [9.17, 15) is 8.42 Å². The van der Waals surface area contributed by atoms with Gasteiger partial charge in [0.25, 0.3) is 10.1 Å². The Morgan fingerprint density at radius 1 is 0.895 bits per heavy atom. The Balaban J connectivity index is 0.00000180. The van der Waals surface area contributed by atoms with Crippen molar-refractivity contribution in [2.75, 3.05) is 0 Å². The van der Waals surface area contributed by atoms with Crippen LogP contribution < -0.4 is 0 Å². The average Bonchev–Trinajstić information content (AvgIpc) is 2.29. The van der Waals surface area contributed by atoms with Gasteiger partial charge in [0, 0.05) is 8.95 Å².